The van der Waals surface area contributed by atoms with Crippen LogP contribution in [-0.4, -0.2) is 6.10 Å². The van der Waals surface area contributed by atoms with Crippen LogP contribution in [0.4, 0.5) is 0 Å². The van der Waals surface area contributed by atoms with Gasteiger partial charge in [-0.2, -0.15) is 0 Å². The van der Waals surface area contributed by atoms with Crippen LogP contribution in [0.25, 0.3) is 0 Å². The van der Waals surface area contributed by atoms with Crippen molar-refractivity contribution in [2.75, 3.05) is 0 Å². The largest absolute Gasteiger partial charge is 0.491 e. The third kappa shape index (κ3) is 8.50. The lowest BCUT2D eigenvalue weighted by molar-refractivity contribution is 0.242. The van der Waals surface area contributed by atoms with E-state index in [2.05, 4.69) is 61.0 Å². The van der Waals surface area contributed by atoms with Crippen molar-refractivity contribution in [1.82, 2.24) is 0 Å². The molecule has 0 aliphatic heterocycles. The van der Waals surface area contributed by atoms with Crippen molar-refractivity contribution in [3.63, 3.8) is 0 Å². The van der Waals surface area contributed by atoms with Gasteiger partial charge in [0.15, 0.2) is 0 Å². The lowest BCUT2D eigenvalue weighted by Crippen LogP contribution is -2.05. The molecule has 0 heterocycles. The highest BCUT2D eigenvalue weighted by Gasteiger charge is 2.07. The highest BCUT2D eigenvalue weighted by molar-refractivity contribution is 9.09. The molecule has 0 fully saturated rings. The van der Waals surface area contributed by atoms with Crippen LogP contribution < -0.4 is 4.74 Å². The third-order valence-electron chi connectivity index (χ3n) is 3.67. The summed E-state index contributed by atoms with van der Waals surface area (Å²) in [6, 6.07) is 8.51. The smallest absolute Gasteiger partial charge is 0.119 e. The van der Waals surface area contributed by atoms with Gasteiger partial charge in [-0.25, -0.2) is 0 Å². The molecule has 1 aromatic carbocycles. The van der Waals surface area contributed by atoms with E-state index in [9.17, 15) is 0 Å². The third-order valence-corrected chi connectivity index (χ3v) is 4.66. The first-order chi connectivity index (χ1) is 10.1. The number of ether oxygens (including phenoxy) is 1. The van der Waals surface area contributed by atoms with Crippen LogP contribution in [0.3, 0.4) is 0 Å². The first-order valence-corrected chi connectivity index (χ1v) is 9.45. The number of alkyl halides is 1. The van der Waals surface area contributed by atoms with Gasteiger partial charge in [-0.3, -0.25) is 0 Å². The van der Waals surface area contributed by atoms with Gasteiger partial charge in [0.05, 0.1) is 6.10 Å². The second-order valence-corrected chi connectivity index (χ2v) is 7.22. The van der Waals surface area contributed by atoms with Gasteiger partial charge in [0.2, 0.25) is 0 Å². The Morgan fingerprint density at radius 2 is 1.48 bits per heavy atom. The molecule has 120 valence electrons. The molecule has 0 N–H and O–H groups in total. The van der Waals surface area contributed by atoms with Crippen LogP contribution in [0, 0.1) is 0 Å². The fourth-order valence-corrected chi connectivity index (χ4v) is 3.10. The summed E-state index contributed by atoms with van der Waals surface area (Å²) in [5, 5.41) is 0. The minimum Gasteiger partial charge on any atom is -0.491 e. The average Bonchev–Trinajstić information content (AvgIpc) is 2.46. The van der Waals surface area contributed by atoms with Crippen LogP contribution in [-0.2, 0) is 0 Å². The molecule has 0 spiro atoms. The molecule has 0 saturated carbocycles. The maximum Gasteiger partial charge on any atom is 0.119 e. The van der Waals surface area contributed by atoms with E-state index in [1.165, 1.54) is 56.9 Å². The molecule has 0 aliphatic rings. The summed E-state index contributed by atoms with van der Waals surface area (Å²) in [6.45, 7) is 6.39. The zero-order valence-corrected chi connectivity index (χ0v) is 15.5. The van der Waals surface area contributed by atoms with Gasteiger partial charge >= 0.3 is 0 Å². The first kappa shape index (κ1) is 18.5. The molecule has 0 radical (unpaired) electrons. The summed E-state index contributed by atoms with van der Waals surface area (Å²) < 4.78 is 5.68. The Bertz CT molecular complexity index is 358. The Morgan fingerprint density at radius 1 is 0.905 bits per heavy atom. The molecular formula is C19H31BrO. The van der Waals surface area contributed by atoms with E-state index in [1.807, 2.05) is 0 Å². The van der Waals surface area contributed by atoms with Gasteiger partial charge < -0.3 is 4.74 Å². The maximum atomic E-state index is 5.68. The zero-order valence-electron chi connectivity index (χ0n) is 13.9. The molecule has 2 heteroatoms. The molecule has 1 aromatic rings. The van der Waals surface area contributed by atoms with E-state index in [0.717, 1.165) is 5.75 Å². The van der Waals surface area contributed by atoms with Gasteiger partial charge in [-0.15, -0.1) is 0 Å². The van der Waals surface area contributed by atoms with Gasteiger partial charge in [0.25, 0.3) is 0 Å². The summed E-state index contributed by atoms with van der Waals surface area (Å²) >= 11 is 3.81. The normalized spacial score (nSPS) is 12.6. The summed E-state index contributed by atoms with van der Waals surface area (Å²) in [5.74, 6) is 0.962. The number of hydrogen-bond donors (Lipinski definition) is 0. The fourth-order valence-electron chi connectivity index (χ4n) is 2.47. The Hall–Kier alpha value is -0.500. The summed E-state index contributed by atoms with van der Waals surface area (Å²) in [4.78, 5) is 0.473. The highest BCUT2D eigenvalue weighted by Crippen LogP contribution is 2.30. The van der Waals surface area contributed by atoms with Crippen LogP contribution in [0.2, 0.25) is 0 Å². The van der Waals surface area contributed by atoms with Crippen LogP contribution in [0.1, 0.15) is 82.5 Å². The van der Waals surface area contributed by atoms with Crippen molar-refractivity contribution in [1.29, 1.82) is 0 Å². The fraction of sp³-hybridized carbons (Fsp3) is 0.684. The van der Waals surface area contributed by atoms with Crippen molar-refractivity contribution in [2.24, 2.45) is 0 Å². The van der Waals surface area contributed by atoms with E-state index in [-0.39, 0.29) is 6.10 Å². The Labute approximate surface area is 139 Å². The zero-order chi connectivity index (χ0) is 15.5. The van der Waals surface area contributed by atoms with E-state index in [0.29, 0.717) is 4.83 Å². The summed E-state index contributed by atoms with van der Waals surface area (Å²) in [6.07, 6.45) is 11.1. The molecule has 21 heavy (non-hydrogen) atoms. The van der Waals surface area contributed by atoms with E-state index >= 15 is 0 Å². The predicted molar refractivity (Wildman–Crippen MR) is 96.5 cm³/mol. The Morgan fingerprint density at radius 3 is 2.05 bits per heavy atom. The second-order valence-electron chi connectivity index (χ2n) is 6.11. The van der Waals surface area contributed by atoms with E-state index < -0.39 is 0 Å². The van der Waals surface area contributed by atoms with Gasteiger partial charge in [0, 0.05) is 4.83 Å². The molecule has 1 unspecified atom stereocenters. The average molecular weight is 355 g/mol. The molecule has 1 rings (SSSR count). The first-order valence-electron chi connectivity index (χ1n) is 8.54. The van der Waals surface area contributed by atoms with Crippen LogP contribution in [0.15, 0.2) is 24.3 Å². The quantitative estimate of drug-likeness (QED) is 0.305. The highest BCUT2D eigenvalue weighted by atomic mass is 79.9. The molecule has 0 aliphatic carbocycles. The van der Waals surface area contributed by atoms with Crippen molar-refractivity contribution >= 4 is 15.9 Å². The Balaban J connectivity index is 2.21. The monoisotopic (exact) mass is 354 g/mol. The molecular weight excluding hydrogens is 324 g/mol. The maximum absolute atomic E-state index is 5.68. The van der Waals surface area contributed by atoms with Crippen molar-refractivity contribution < 1.29 is 4.74 Å². The molecule has 0 saturated heterocycles. The number of hydrogen-bond acceptors (Lipinski definition) is 1. The number of rotatable bonds is 11. The van der Waals surface area contributed by atoms with E-state index in [1.54, 1.807) is 0 Å². The molecule has 0 aromatic heterocycles. The molecule has 1 atom stereocenters. The van der Waals surface area contributed by atoms with Crippen molar-refractivity contribution in [3.8, 4) is 5.75 Å². The van der Waals surface area contributed by atoms with Gasteiger partial charge in [-0.05, 0) is 38.0 Å². The lowest BCUT2D eigenvalue weighted by Gasteiger charge is -2.13. The molecule has 1 nitrogen and oxygen atoms in total. The van der Waals surface area contributed by atoms with Gasteiger partial charge in [0.1, 0.15) is 5.75 Å². The number of benzene rings is 1. The Kier molecular flexibility index (Phi) is 9.82. The standard InChI is InChI=1S/C19H31BrO/c1-4-5-6-7-8-9-10-11-19(20)17-12-14-18(15-13-17)21-16(2)3/h12-16,19H,4-11H2,1-3H3. The van der Waals surface area contributed by atoms with Crippen molar-refractivity contribution in [3.05, 3.63) is 29.8 Å². The summed E-state index contributed by atoms with van der Waals surface area (Å²) in [5.41, 5.74) is 1.36. The second kappa shape index (κ2) is 11.1. The lowest BCUT2D eigenvalue weighted by atomic mass is 10.0. The van der Waals surface area contributed by atoms with Crippen LogP contribution in [0.5, 0.6) is 5.75 Å². The number of halogens is 1. The topological polar surface area (TPSA) is 9.23 Å². The number of unbranched alkanes of at least 4 members (excludes halogenated alkanes) is 6. The van der Waals surface area contributed by atoms with Gasteiger partial charge in [-0.1, -0.05) is 79.9 Å². The minimum atomic E-state index is 0.239. The molecule has 0 bridgehead atoms. The predicted octanol–water partition coefficient (Wildman–Crippen LogP) is 7.05. The summed E-state index contributed by atoms with van der Waals surface area (Å²) in [7, 11) is 0. The molecule has 0 amide bonds. The SMILES string of the molecule is CCCCCCCCCC(Br)c1ccc(OC(C)C)cc1. The van der Waals surface area contributed by atoms with E-state index in [4.69, 9.17) is 4.74 Å². The van der Waals surface area contributed by atoms with Crippen molar-refractivity contribution in [2.45, 2.75) is 83.1 Å². The van der Waals surface area contributed by atoms with Crippen LogP contribution >= 0.6 is 15.9 Å². The minimum absolute atomic E-state index is 0.239.